The topological polar surface area (TPSA) is 30.2 Å². The molecular formula is C11H14O2. The van der Waals surface area contributed by atoms with Crippen molar-refractivity contribution in [1.82, 2.24) is 0 Å². The minimum absolute atomic E-state index is 0.0405. The average molecular weight is 178 g/mol. The minimum Gasteiger partial charge on any atom is -0.461 e. The molecule has 0 N–H and O–H groups in total. The van der Waals surface area contributed by atoms with Crippen molar-refractivity contribution in [2.24, 2.45) is 0 Å². The maximum atomic E-state index is 11.5. The van der Waals surface area contributed by atoms with Crippen LogP contribution in [-0.2, 0) is 0 Å². The number of hydrogen-bond acceptors (Lipinski definition) is 2. The largest absolute Gasteiger partial charge is 0.461 e. The Labute approximate surface area is 77.2 Å². The van der Waals surface area contributed by atoms with E-state index in [0.29, 0.717) is 16.4 Å². The van der Waals surface area contributed by atoms with Crippen LogP contribution in [0.3, 0.4) is 0 Å². The van der Waals surface area contributed by atoms with Gasteiger partial charge in [-0.25, -0.2) is 0 Å². The molecule has 0 aliphatic carbocycles. The lowest BCUT2D eigenvalue weighted by Gasteiger charge is -1.92. The summed E-state index contributed by atoms with van der Waals surface area (Å²) in [4.78, 5) is 11.5. The lowest BCUT2D eigenvalue weighted by Crippen LogP contribution is -2.38. The first-order valence-electron chi connectivity index (χ1n) is 4.46. The molecule has 0 bridgehead atoms. The van der Waals surface area contributed by atoms with E-state index < -0.39 is 0 Å². The first kappa shape index (κ1) is 9.78. The van der Waals surface area contributed by atoms with Crippen molar-refractivity contribution in [3.05, 3.63) is 32.7 Å². The van der Waals surface area contributed by atoms with Crippen LogP contribution < -0.4 is 16.1 Å². The van der Waals surface area contributed by atoms with Gasteiger partial charge in [-0.2, -0.15) is 0 Å². The Morgan fingerprint density at radius 1 is 1.54 bits per heavy atom. The van der Waals surface area contributed by atoms with Crippen molar-refractivity contribution in [3.63, 3.8) is 0 Å². The summed E-state index contributed by atoms with van der Waals surface area (Å²) in [5, 5.41) is 0.676. The van der Waals surface area contributed by atoms with Crippen LogP contribution in [0, 0.1) is 6.92 Å². The first-order valence-corrected chi connectivity index (χ1v) is 4.46. The molecule has 1 heterocycles. The summed E-state index contributed by atoms with van der Waals surface area (Å²) in [6.07, 6.45) is 4.55. The molecule has 13 heavy (non-hydrogen) atoms. The highest BCUT2D eigenvalue weighted by Gasteiger charge is 1.94. The molecule has 0 unspecified atom stereocenters. The normalized spacial score (nSPS) is 13.8. The second kappa shape index (κ2) is 4.08. The molecule has 0 aromatic carbocycles. The average Bonchev–Trinajstić information content (AvgIpc) is 2.09. The van der Waals surface area contributed by atoms with Crippen LogP contribution in [0.15, 0.2) is 15.3 Å². The van der Waals surface area contributed by atoms with Crippen LogP contribution in [0.5, 0.6) is 0 Å². The van der Waals surface area contributed by atoms with Gasteiger partial charge in [-0.3, -0.25) is 4.79 Å². The third-order valence-corrected chi connectivity index (χ3v) is 1.81. The molecule has 0 amide bonds. The van der Waals surface area contributed by atoms with Crippen LogP contribution in [0.1, 0.15) is 26.0 Å². The molecule has 0 fully saturated rings. The van der Waals surface area contributed by atoms with Gasteiger partial charge >= 0.3 is 0 Å². The van der Waals surface area contributed by atoms with E-state index in [2.05, 4.69) is 0 Å². The van der Waals surface area contributed by atoms with E-state index in [1.54, 1.807) is 6.92 Å². The Bertz CT molecular complexity index is 452. The molecule has 0 aliphatic rings. The number of hydrogen-bond donors (Lipinski definition) is 0. The second-order valence-corrected chi connectivity index (χ2v) is 2.90. The Morgan fingerprint density at radius 3 is 2.77 bits per heavy atom. The van der Waals surface area contributed by atoms with Gasteiger partial charge in [0.25, 0.3) is 0 Å². The summed E-state index contributed by atoms with van der Waals surface area (Å²) in [5.74, 6) is 0.659. The minimum atomic E-state index is 0.0405. The van der Waals surface area contributed by atoms with Gasteiger partial charge in [0.1, 0.15) is 11.2 Å². The molecule has 1 aromatic heterocycles. The van der Waals surface area contributed by atoms with E-state index in [4.69, 9.17) is 4.42 Å². The SMILES string of the molecule is C/C=c1/oc(C)cc(=O)/c1=C/CC. The molecule has 0 saturated carbocycles. The van der Waals surface area contributed by atoms with E-state index in [1.807, 2.05) is 26.0 Å². The Kier molecular flexibility index (Phi) is 3.07. The fourth-order valence-electron chi connectivity index (χ4n) is 1.26. The van der Waals surface area contributed by atoms with Gasteiger partial charge in [-0.15, -0.1) is 0 Å². The summed E-state index contributed by atoms with van der Waals surface area (Å²) in [6, 6.07) is 1.52. The van der Waals surface area contributed by atoms with Crippen molar-refractivity contribution in [2.75, 3.05) is 0 Å². The second-order valence-electron chi connectivity index (χ2n) is 2.90. The van der Waals surface area contributed by atoms with Crippen molar-refractivity contribution >= 4 is 12.2 Å². The molecule has 0 saturated heterocycles. The van der Waals surface area contributed by atoms with Gasteiger partial charge in [-0.1, -0.05) is 13.0 Å². The monoisotopic (exact) mass is 178 g/mol. The zero-order valence-corrected chi connectivity index (χ0v) is 8.26. The summed E-state index contributed by atoms with van der Waals surface area (Å²) in [6.45, 7) is 5.65. The van der Waals surface area contributed by atoms with Crippen molar-refractivity contribution in [3.8, 4) is 0 Å². The maximum Gasteiger partial charge on any atom is 0.192 e. The third-order valence-electron chi connectivity index (χ3n) is 1.81. The highest BCUT2D eigenvalue weighted by atomic mass is 16.3. The molecule has 1 aromatic rings. The number of aryl methyl sites for hydroxylation is 1. The first-order chi connectivity index (χ1) is 6.19. The van der Waals surface area contributed by atoms with Crippen molar-refractivity contribution < 1.29 is 4.42 Å². The van der Waals surface area contributed by atoms with Gasteiger partial charge in [0, 0.05) is 6.07 Å². The van der Waals surface area contributed by atoms with Crippen LogP contribution in [0.4, 0.5) is 0 Å². The zero-order chi connectivity index (χ0) is 9.84. The molecule has 0 atom stereocenters. The quantitative estimate of drug-likeness (QED) is 0.640. The van der Waals surface area contributed by atoms with Gasteiger partial charge in [0.05, 0.1) is 5.22 Å². The predicted octanol–water partition coefficient (Wildman–Crippen LogP) is 0.939. The molecule has 70 valence electrons. The van der Waals surface area contributed by atoms with Crippen molar-refractivity contribution in [2.45, 2.75) is 27.2 Å². The fraction of sp³-hybridized carbons (Fsp3) is 0.364. The van der Waals surface area contributed by atoms with Gasteiger partial charge in [-0.05, 0) is 26.3 Å². The summed E-state index contributed by atoms with van der Waals surface area (Å²) in [7, 11) is 0. The smallest absolute Gasteiger partial charge is 0.192 e. The Morgan fingerprint density at radius 2 is 2.23 bits per heavy atom. The molecule has 0 spiro atoms. The highest BCUT2D eigenvalue weighted by Crippen LogP contribution is 1.82. The Hall–Kier alpha value is -1.31. The predicted molar refractivity (Wildman–Crippen MR) is 53.9 cm³/mol. The highest BCUT2D eigenvalue weighted by molar-refractivity contribution is 5.26. The summed E-state index contributed by atoms with van der Waals surface area (Å²) in [5.41, 5.74) is 0.713. The van der Waals surface area contributed by atoms with Crippen LogP contribution in [-0.4, -0.2) is 0 Å². The fourth-order valence-corrected chi connectivity index (χ4v) is 1.26. The summed E-state index contributed by atoms with van der Waals surface area (Å²) < 4.78 is 5.40. The Balaban J connectivity index is 3.70. The van der Waals surface area contributed by atoms with Gasteiger partial charge < -0.3 is 4.42 Å². The van der Waals surface area contributed by atoms with E-state index in [9.17, 15) is 4.79 Å². The standard InChI is InChI=1S/C11H14O2/c1-4-6-9-10(12)7-8(3)13-11(9)5-2/h5-7H,4H2,1-3H3/b9-6-,11-5+. The molecule has 2 nitrogen and oxygen atoms in total. The van der Waals surface area contributed by atoms with E-state index in [-0.39, 0.29) is 5.43 Å². The van der Waals surface area contributed by atoms with Gasteiger partial charge in [0.2, 0.25) is 0 Å². The molecule has 0 aliphatic heterocycles. The van der Waals surface area contributed by atoms with Gasteiger partial charge in [0.15, 0.2) is 5.43 Å². The van der Waals surface area contributed by atoms with Crippen molar-refractivity contribution in [1.29, 1.82) is 0 Å². The lowest BCUT2D eigenvalue weighted by molar-refractivity contribution is 0.477. The summed E-state index contributed by atoms with van der Waals surface area (Å²) >= 11 is 0. The molecular weight excluding hydrogens is 164 g/mol. The lowest BCUT2D eigenvalue weighted by atomic mass is 10.2. The maximum absolute atomic E-state index is 11.5. The van der Waals surface area contributed by atoms with E-state index in [1.165, 1.54) is 6.07 Å². The van der Waals surface area contributed by atoms with Crippen LogP contribution in [0.25, 0.3) is 12.2 Å². The molecule has 0 radical (unpaired) electrons. The van der Waals surface area contributed by atoms with Crippen LogP contribution >= 0.6 is 0 Å². The third kappa shape index (κ3) is 2.08. The zero-order valence-electron chi connectivity index (χ0n) is 8.26. The molecule has 1 rings (SSSR count). The van der Waals surface area contributed by atoms with E-state index in [0.717, 1.165) is 6.42 Å². The molecule has 2 heteroatoms. The number of rotatable bonds is 1. The van der Waals surface area contributed by atoms with E-state index >= 15 is 0 Å². The van der Waals surface area contributed by atoms with Crippen LogP contribution in [0.2, 0.25) is 0 Å².